The largest absolute Gasteiger partial charge is 0.484 e. The topological polar surface area (TPSA) is 56.2 Å². The highest BCUT2D eigenvalue weighted by Crippen LogP contribution is 2.16. The molecule has 21 heavy (non-hydrogen) atoms. The molecule has 0 radical (unpaired) electrons. The lowest BCUT2D eigenvalue weighted by atomic mass is 10.2. The van der Waals surface area contributed by atoms with Gasteiger partial charge in [0.05, 0.1) is 6.20 Å². The van der Waals surface area contributed by atoms with Crippen molar-refractivity contribution >= 4 is 27.7 Å². The summed E-state index contributed by atoms with van der Waals surface area (Å²) in [6.45, 7) is 4.93. The van der Waals surface area contributed by atoms with Crippen molar-refractivity contribution in [2.75, 3.05) is 11.9 Å². The van der Waals surface area contributed by atoms with E-state index in [2.05, 4.69) is 40.2 Å². The zero-order valence-corrected chi connectivity index (χ0v) is 13.6. The Morgan fingerprint density at radius 3 is 2.71 bits per heavy atom. The van der Waals surface area contributed by atoms with Crippen LogP contribution in [0, 0.1) is 5.92 Å². The van der Waals surface area contributed by atoms with Gasteiger partial charge in [0.15, 0.2) is 6.61 Å². The van der Waals surface area contributed by atoms with E-state index in [0.717, 1.165) is 11.0 Å². The molecule has 0 saturated heterocycles. The standard InChI is InChI=1S/C15H18BrN3O2/c1-11(2)9-19-14(7-8-17-19)18-15(20)10-21-13-5-3-12(16)4-6-13/h3-8,11H,9-10H2,1-2H3,(H,18,20). The predicted octanol–water partition coefficient (Wildman–Crippen LogP) is 3.32. The Kier molecular flexibility index (Phi) is 5.38. The first-order valence-corrected chi connectivity index (χ1v) is 7.54. The number of hydrogen-bond donors (Lipinski definition) is 1. The van der Waals surface area contributed by atoms with E-state index in [0.29, 0.717) is 17.5 Å². The number of nitrogens with one attached hydrogen (secondary N) is 1. The van der Waals surface area contributed by atoms with Crippen molar-refractivity contribution in [1.29, 1.82) is 0 Å². The maximum atomic E-state index is 11.9. The molecule has 0 aliphatic carbocycles. The summed E-state index contributed by atoms with van der Waals surface area (Å²) < 4.78 is 8.18. The first-order valence-electron chi connectivity index (χ1n) is 6.74. The normalized spacial score (nSPS) is 10.7. The SMILES string of the molecule is CC(C)Cn1nccc1NC(=O)COc1ccc(Br)cc1. The Morgan fingerprint density at radius 2 is 2.05 bits per heavy atom. The highest BCUT2D eigenvalue weighted by atomic mass is 79.9. The molecule has 0 atom stereocenters. The molecule has 0 aliphatic heterocycles. The van der Waals surface area contributed by atoms with Crippen LogP contribution in [0.4, 0.5) is 5.82 Å². The molecule has 1 aromatic carbocycles. The molecule has 0 spiro atoms. The number of rotatable bonds is 6. The summed E-state index contributed by atoms with van der Waals surface area (Å²) in [6.07, 6.45) is 1.67. The third kappa shape index (κ3) is 4.90. The number of benzene rings is 1. The molecule has 1 N–H and O–H groups in total. The molecule has 2 rings (SSSR count). The number of nitrogens with zero attached hydrogens (tertiary/aromatic N) is 2. The van der Waals surface area contributed by atoms with Gasteiger partial charge in [-0.1, -0.05) is 29.8 Å². The molecule has 1 heterocycles. The van der Waals surface area contributed by atoms with Crippen LogP contribution in [0.15, 0.2) is 41.0 Å². The van der Waals surface area contributed by atoms with Gasteiger partial charge in [0.1, 0.15) is 11.6 Å². The minimum absolute atomic E-state index is 0.0332. The van der Waals surface area contributed by atoms with Crippen molar-refractivity contribution < 1.29 is 9.53 Å². The molecule has 2 aromatic rings. The third-order valence-electron chi connectivity index (χ3n) is 2.71. The van der Waals surface area contributed by atoms with Crippen molar-refractivity contribution in [2.45, 2.75) is 20.4 Å². The van der Waals surface area contributed by atoms with Gasteiger partial charge in [0, 0.05) is 17.1 Å². The van der Waals surface area contributed by atoms with Crippen LogP contribution >= 0.6 is 15.9 Å². The highest BCUT2D eigenvalue weighted by molar-refractivity contribution is 9.10. The second-order valence-electron chi connectivity index (χ2n) is 5.08. The van der Waals surface area contributed by atoms with Gasteiger partial charge >= 0.3 is 0 Å². The Balaban J connectivity index is 1.87. The molecule has 0 unspecified atom stereocenters. The number of carbonyl (C=O) groups is 1. The molecule has 0 bridgehead atoms. The van der Waals surface area contributed by atoms with E-state index in [1.54, 1.807) is 29.1 Å². The Morgan fingerprint density at radius 1 is 1.33 bits per heavy atom. The van der Waals surface area contributed by atoms with E-state index >= 15 is 0 Å². The van der Waals surface area contributed by atoms with E-state index < -0.39 is 0 Å². The van der Waals surface area contributed by atoms with Crippen LogP contribution in [-0.2, 0) is 11.3 Å². The number of carbonyl (C=O) groups excluding carboxylic acids is 1. The molecular weight excluding hydrogens is 334 g/mol. The molecular formula is C15H18BrN3O2. The van der Waals surface area contributed by atoms with Gasteiger partial charge in [0.2, 0.25) is 0 Å². The second-order valence-corrected chi connectivity index (χ2v) is 6.00. The van der Waals surface area contributed by atoms with Gasteiger partial charge in [-0.3, -0.25) is 4.79 Å². The van der Waals surface area contributed by atoms with E-state index in [9.17, 15) is 4.79 Å². The van der Waals surface area contributed by atoms with Crippen LogP contribution in [0.25, 0.3) is 0 Å². The molecule has 0 aliphatic rings. The van der Waals surface area contributed by atoms with Gasteiger partial charge in [0.25, 0.3) is 5.91 Å². The Bertz CT molecular complexity index is 593. The van der Waals surface area contributed by atoms with Gasteiger partial charge in [-0.15, -0.1) is 0 Å². The molecule has 0 saturated carbocycles. The first-order chi connectivity index (χ1) is 10.0. The predicted molar refractivity (Wildman–Crippen MR) is 85.3 cm³/mol. The molecule has 5 nitrogen and oxygen atoms in total. The smallest absolute Gasteiger partial charge is 0.263 e. The minimum Gasteiger partial charge on any atom is -0.484 e. The number of halogens is 1. The molecule has 0 fully saturated rings. The number of amides is 1. The summed E-state index contributed by atoms with van der Waals surface area (Å²) in [5.74, 6) is 1.60. The second kappa shape index (κ2) is 7.26. The lowest BCUT2D eigenvalue weighted by molar-refractivity contribution is -0.118. The third-order valence-corrected chi connectivity index (χ3v) is 3.23. The quantitative estimate of drug-likeness (QED) is 0.868. The van der Waals surface area contributed by atoms with Crippen LogP contribution in [0.3, 0.4) is 0 Å². The Hall–Kier alpha value is -1.82. The average molecular weight is 352 g/mol. The number of hydrogen-bond acceptors (Lipinski definition) is 3. The van der Waals surface area contributed by atoms with Gasteiger partial charge < -0.3 is 10.1 Å². The van der Waals surface area contributed by atoms with Crippen LogP contribution in [0.1, 0.15) is 13.8 Å². The number of aromatic nitrogens is 2. The summed E-state index contributed by atoms with van der Waals surface area (Å²) in [7, 11) is 0. The maximum absolute atomic E-state index is 11.9. The number of anilines is 1. The first kappa shape index (κ1) is 15.6. The summed E-state index contributed by atoms with van der Waals surface area (Å²) >= 11 is 3.35. The zero-order valence-electron chi connectivity index (χ0n) is 12.0. The van der Waals surface area contributed by atoms with Crippen molar-refractivity contribution in [2.24, 2.45) is 5.92 Å². The average Bonchev–Trinajstić information content (AvgIpc) is 2.84. The fourth-order valence-electron chi connectivity index (χ4n) is 1.79. The van der Waals surface area contributed by atoms with Crippen LogP contribution in [-0.4, -0.2) is 22.3 Å². The van der Waals surface area contributed by atoms with Gasteiger partial charge in [-0.05, 0) is 30.2 Å². The summed E-state index contributed by atoms with van der Waals surface area (Å²) in [5, 5.41) is 7.00. The van der Waals surface area contributed by atoms with E-state index in [-0.39, 0.29) is 12.5 Å². The van der Waals surface area contributed by atoms with E-state index in [1.807, 2.05) is 12.1 Å². The van der Waals surface area contributed by atoms with E-state index in [1.165, 1.54) is 0 Å². The summed E-state index contributed by atoms with van der Waals surface area (Å²) in [5.41, 5.74) is 0. The number of ether oxygens (including phenoxy) is 1. The molecule has 1 aromatic heterocycles. The van der Waals surface area contributed by atoms with Crippen molar-refractivity contribution in [1.82, 2.24) is 9.78 Å². The van der Waals surface area contributed by atoms with Gasteiger partial charge in [-0.25, -0.2) is 4.68 Å². The summed E-state index contributed by atoms with van der Waals surface area (Å²) in [6, 6.07) is 9.12. The van der Waals surface area contributed by atoms with Crippen LogP contribution < -0.4 is 10.1 Å². The lowest BCUT2D eigenvalue weighted by Crippen LogP contribution is -2.22. The van der Waals surface area contributed by atoms with Crippen LogP contribution in [0.2, 0.25) is 0 Å². The molecule has 6 heteroatoms. The Labute approximate surface area is 132 Å². The lowest BCUT2D eigenvalue weighted by Gasteiger charge is -2.11. The zero-order chi connectivity index (χ0) is 15.2. The minimum atomic E-state index is -0.205. The highest BCUT2D eigenvalue weighted by Gasteiger charge is 2.09. The van der Waals surface area contributed by atoms with E-state index in [4.69, 9.17) is 4.74 Å². The van der Waals surface area contributed by atoms with Gasteiger partial charge in [-0.2, -0.15) is 5.10 Å². The monoisotopic (exact) mass is 351 g/mol. The van der Waals surface area contributed by atoms with Crippen molar-refractivity contribution in [3.8, 4) is 5.75 Å². The fraction of sp³-hybridized carbons (Fsp3) is 0.333. The van der Waals surface area contributed by atoms with Crippen LogP contribution in [0.5, 0.6) is 5.75 Å². The van der Waals surface area contributed by atoms with Crippen molar-refractivity contribution in [3.05, 3.63) is 41.0 Å². The fourth-order valence-corrected chi connectivity index (χ4v) is 2.05. The maximum Gasteiger partial charge on any atom is 0.263 e. The van der Waals surface area contributed by atoms with Crippen molar-refractivity contribution in [3.63, 3.8) is 0 Å². The summed E-state index contributed by atoms with van der Waals surface area (Å²) in [4.78, 5) is 11.9. The molecule has 1 amide bonds. The molecule has 112 valence electrons.